The summed E-state index contributed by atoms with van der Waals surface area (Å²) in [6.07, 6.45) is 4.05. The minimum atomic E-state index is -0.551. The predicted molar refractivity (Wildman–Crippen MR) is 118 cm³/mol. The normalized spacial score (nSPS) is 17.5. The lowest BCUT2D eigenvalue weighted by Gasteiger charge is -2.25. The van der Waals surface area contributed by atoms with Gasteiger partial charge in [-0.25, -0.2) is 4.79 Å². The molecule has 0 saturated heterocycles. The smallest absolute Gasteiger partial charge is 0.344 e. The van der Waals surface area contributed by atoms with Crippen LogP contribution < -0.4 is 10.3 Å². The number of hydrogen-bond acceptors (Lipinski definition) is 5. The summed E-state index contributed by atoms with van der Waals surface area (Å²) < 4.78 is 13.1. The Hall–Kier alpha value is -1.92. The lowest BCUT2D eigenvalue weighted by Crippen LogP contribution is -2.30. The van der Waals surface area contributed by atoms with Gasteiger partial charge in [-0.2, -0.15) is 0 Å². The van der Waals surface area contributed by atoms with Crippen molar-refractivity contribution in [1.29, 1.82) is 0 Å². The van der Waals surface area contributed by atoms with Gasteiger partial charge in [-0.3, -0.25) is 4.79 Å². The Morgan fingerprint density at radius 1 is 1.23 bits per heavy atom. The van der Waals surface area contributed by atoms with Crippen molar-refractivity contribution in [2.75, 3.05) is 6.61 Å². The van der Waals surface area contributed by atoms with Crippen molar-refractivity contribution in [2.45, 2.75) is 62.3 Å². The van der Waals surface area contributed by atoms with Gasteiger partial charge >= 0.3 is 5.97 Å². The first-order chi connectivity index (χ1) is 14.4. The maximum absolute atomic E-state index is 13.3. The third-order valence-electron chi connectivity index (χ3n) is 5.63. The minimum Gasteiger partial charge on any atom is -0.492 e. The largest absolute Gasteiger partial charge is 0.492 e. The van der Waals surface area contributed by atoms with E-state index >= 15 is 0 Å². The lowest BCUT2D eigenvalue weighted by molar-refractivity contribution is 0.0375. The van der Waals surface area contributed by atoms with Crippen LogP contribution in [0.5, 0.6) is 5.75 Å². The molecule has 1 aromatic carbocycles. The van der Waals surface area contributed by atoms with Crippen molar-refractivity contribution in [2.24, 2.45) is 5.92 Å². The number of thioether (sulfide) groups is 1. The van der Waals surface area contributed by atoms with Crippen LogP contribution in [0.1, 0.15) is 61.5 Å². The number of ether oxygens (including phenoxy) is 2. The minimum absolute atomic E-state index is 0.119. The van der Waals surface area contributed by atoms with Gasteiger partial charge in [0.2, 0.25) is 0 Å². The fraction of sp³-hybridized carbons (Fsp3) is 0.478. The van der Waals surface area contributed by atoms with E-state index in [4.69, 9.17) is 21.1 Å². The molecule has 1 aromatic heterocycles. The molecule has 0 amide bonds. The number of carbonyl (C=O) groups excluding carboxylic acids is 1. The highest BCUT2D eigenvalue weighted by atomic mass is 35.5. The molecule has 0 spiro atoms. The number of pyridine rings is 1. The molecule has 2 aliphatic carbocycles. The number of fused-ring (bicyclic) bond motifs is 3. The molecule has 0 atom stereocenters. The fourth-order valence-corrected chi connectivity index (χ4v) is 5.06. The van der Waals surface area contributed by atoms with Crippen LogP contribution in [0.2, 0.25) is 5.02 Å². The van der Waals surface area contributed by atoms with E-state index in [0.29, 0.717) is 29.0 Å². The quantitative estimate of drug-likeness (QED) is 0.552. The van der Waals surface area contributed by atoms with Crippen LogP contribution in [-0.2, 0) is 10.5 Å². The van der Waals surface area contributed by atoms with Crippen molar-refractivity contribution < 1.29 is 14.3 Å². The molecule has 30 heavy (non-hydrogen) atoms. The van der Waals surface area contributed by atoms with Crippen LogP contribution >= 0.6 is 23.4 Å². The fourth-order valence-electron chi connectivity index (χ4n) is 3.81. The van der Waals surface area contributed by atoms with Crippen LogP contribution in [0.4, 0.5) is 0 Å². The van der Waals surface area contributed by atoms with Gasteiger partial charge in [0.25, 0.3) is 5.56 Å². The molecular weight excluding hydrogens is 422 g/mol. The topological polar surface area (TPSA) is 57.5 Å². The second-order valence-corrected chi connectivity index (χ2v) is 10.0. The van der Waals surface area contributed by atoms with Crippen LogP contribution in [0.3, 0.4) is 0 Å². The maximum atomic E-state index is 13.3. The summed E-state index contributed by atoms with van der Waals surface area (Å²) in [7, 11) is 0. The number of esters is 1. The summed E-state index contributed by atoms with van der Waals surface area (Å²) in [6.45, 7) is 4.27. The third-order valence-corrected chi connectivity index (χ3v) is 7.03. The van der Waals surface area contributed by atoms with E-state index in [1.54, 1.807) is 36.2 Å². The summed E-state index contributed by atoms with van der Waals surface area (Å²) in [6, 6.07) is 5.74. The summed E-state index contributed by atoms with van der Waals surface area (Å²) in [5, 5.41) is 0.556. The van der Waals surface area contributed by atoms with E-state index < -0.39 is 5.97 Å². The van der Waals surface area contributed by atoms with Crippen LogP contribution in [0.25, 0.3) is 11.3 Å². The Morgan fingerprint density at radius 3 is 2.67 bits per heavy atom. The zero-order valence-electron chi connectivity index (χ0n) is 17.1. The monoisotopic (exact) mass is 445 g/mol. The zero-order chi connectivity index (χ0) is 21.0. The highest BCUT2D eigenvalue weighted by Gasteiger charge is 2.34. The Bertz CT molecular complexity index is 1090. The van der Waals surface area contributed by atoms with Crippen molar-refractivity contribution in [3.05, 3.63) is 44.7 Å². The van der Waals surface area contributed by atoms with Crippen molar-refractivity contribution in [1.82, 2.24) is 4.57 Å². The molecule has 5 rings (SSSR count). The van der Waals surface area contributed by atoms with Gasteiger partial charge in [0, 0.05) is 22.3 Å². The molecule has 158 valence electrons. The Labute approximate surface area is 184 Å². The van der Waals surface area contributed by atoms with Crippen molar-refractivity contribution >= 4 is 29.3 Å². The van der Waals surface area contributed by atoms with Gasteiger partial charge in [0.05, 0.1) is 23.4 Å². The van der Waals surface area contributed by atoms with Crippen LogP contribution in [0, 0.1) is 5.92 Å². The van der Waals surface area contributed by atoms with E-state index in [0.717, 1.165) is 34.6 Å². The van der Waals surface area contributed by atoms with Crippen LogP contribution in [-0.4, -0.2) is 23.2 Å². The number of halogens is 1. The number of hydrogen-bond donors (Lipinski definition) is 0. The first-order valence-electron chi connectivity index (χ1n) is 10.5. The maximum Gasteiger partial charge on any atom is 0.344 e. The Balaban J connectivity index is 1.60. The first-order valence-corrected chi connectivity index (χ1v) is 11.9. The van der Waals surface area contributed by atoms with Gasteiger partial charge in [0.15, 0.2) is 0 Å². The lowest BCUT2D eigenvalue weighted by atomic mass is 10.0. The van der Waals surface area contributed by atoms with E-state index in [2.05, 4.69) is 0 Å². The summed E-state index contributed by atoms with van der Waals surface area (Å²) >= 11 is 8.24. The molecule has 2 saturated carbocycles. The van der Waals surface area contributed by atoms with E-state index in [1.807, 2.05) is 12.1 Å². The average Bonchev–Trinajstić information content (AvgIpc) is 3.59. The van der Waals surface area contributed by atoms with E-state index in [-0.39, 0.29) is 23.3 Å². The average molecular weight is 446 g/mol. The van der Waals surface area contributed by atoms with E-state index in [9.17, 15) is 9.59 Å². The van der Waals surface area contributed by atoms with Gasteiger partial charge in [-0.05, 0) is 69.2 Å². The van der Waals surface area contributed by atoms with Gasteiger partial charge in [0.1, 0.15) is 11.3 Å². The van der Waals surface area contributed by atoms with Crippen molar-refractivity contribution in [3.8, 4) is 17.0 Å². The second kappa shape index (κ2) is 7.65. The highest BCUT2D eigenvalue weighted by molar-refractivity contribution is 7.98. The molecule has 7 heteroatoms. The Morgan fingerprint density at radius 2 is 2.00 bits per heavy atom. The Kier molecular flexibility index (Phi) is 5.10. The molecule has 2 aromatic rings. The summed E-state index contributed by atoms with van der Waals surface area (Å²) in [5.74, 6) is 1.48. The molecule has 5 nitrogen and oxygen atoms in total. The van der Waals surface area contributed by atoms with E-state index in [1.165, 1.54) is 12.8 Å². The van der Waals surface area contributed by atoms with Crippen molar-refractivity contribution in [3.63, 3.8) is 0 Å². The number of nitrogens with zero attached hydrogens (tertiary/aromatic N) is 1. The molecule has 0 N–H and O–H groups in total. The molecule has 0 bridgehead atoms. The molecule has 2 fully saturated rings. The number of benzene rings is 1. The second-order valence-electron chi connectivity index (χ2n) is 8.61. The standard InChI is InChI=1S/C23H24ClNO4S/c1-12(2)29-23(27)17-7-14-11-30-20-9-19(28-10-13-3-4-13)18(24)8-16(20)21(14)25(22(17)26)15-5-6-15/h7-9,12-13,15H,3-6,10-11H2,1-2H3. The molecule has 0 unspecified atom stereocenters. The third kappa shape index (κ3) is 3.76. The summed E-state index contributed by atoms with van der Waals surface area (Å²) in [5.41, 5.74) is 2.64. The first kappa shape index (κ1) is 20.0. The molecule has 1 aliphatic heterocycles. The molecule has 3 aliphatic rings. The van der Waals surface area contributed by atoms with Crippen LogP contribution in [0.15, 0.2) is 27.9 Å². The summed E-state index contributed by atoms with van der Waals surface area (Å²) in [4.78, 5) is 26.9. The SMILES string of the molecule is CC(C)OC(=O)c1cc2c(n(C3CC3)c1=O)-c1cc(Cl)c(OCC3CC3)cc1SC2. The predicted octanol–water partition coefficient (Wildman–Crippen LogP) is 5.46. The molecule has 2 heterocycles. The molecular formula is C23H24ClNO4S. The van der Waals surface area contributed by atoms with Gasteiger partial charge < -0.3 is 14.0 Å². The number of carbonyl (C=O) groups is 1. The highest BCUT2D eigenvalue weighted by Crippen LogP contribution is 2.48. The van der Waals surface area contributed by atoms with Gasteiger partial charge in [-0.1, -0.05) is 11.6 Å². The zero-order valence-corrected chi connectivity index (χ0v) is 18.6. The number of rotatable bonds is 6. The molecule has 0 radical (unpaired) electrons. The number of aromatic nitrogens is 1. The van der Waals surface area contributed by atoms with Gasteiger partial charge in [-0.15, -0.1) is 11.8 Å².